The molecule has 0 unspecified atom stereocenters. The van der Waals surface area contributed by atoms with E-state index in [1.807, 2.05) is 0 Å². The molecule has 1 saturated heterocycles. The number of hydrogen-bond acceptors (Lipinski definition) is 6. The number of carbonyl (C=O) groups is 1. The Labute approximate surface area is 144 Å². The van der Waals surface area contributed by atoms with Crippen LogP contribution in [0.25, 0.3) is 5.69 Å². The van der Waals surface area contributed by atoms with Crippen LogP contribution >= 0.6 is 0 Å². The highest BCUT2D eigenvalue weighted by Crippen LogP contribution is 2.18. The molecule has 0 saturated carbocycles. The van der Waals surface area contributed by atoms with Crippen molar-refractivity contribution in [3.63, 3.8) is 0 Å². The summed E-state index contributed by atoms with van der Waals surface area (Å²) in [5.74, 6) is -0.528. The molecule has 25 heavy (non-hydrogen) atoms. The molecule has 1 aromatic carbocycles. The van der Waals surface area contributed by atoms with E-state index in [9.17, 15) is 9.18 Å². The van der Waals surface area contributed by atoms with E-state index in [2.05, 4.69) is 31.1 Å². The Bertz CT molecular complexity index is 689. The predicted molar refractivity (Wildman–Crippen MR) is 88.0 cm³/mol. The number of ether oxygens (including phenoxy) is 1. The molecule has 0 radical (unpaired) electrons. The number of nitrogens with one attached hydrogen (secondary N) is 2. The first kappa shape index (κ1) is 17.2. The zero-order valence-electron chi connectivity index (χ0n) is 13.7. The van der Waals surface area contributed by atoms with Crippen molar-refractivity contribution in [2.45, 2.75) is 6.42 Å². The molecule has 1 aliphatic heterocycles. The van der Waals surface area contributed by atoms with E-state index in [0.717, 1.165) is 39.3 Å². The van der Waals surface area contributed by atoms with Gasteiger partial charge < -0.3 is 15.4 Å². The summed E-state index contributed by atoms with van der Waals surface area (Å²) in [5.41, 5.74) is 0.618. The third-order valence-corrected chi connectivity index (χ3v) is 3.85. The zero-order chi connectivity index (χ0) is 17.5. The monoisotopic (exact) mass is 349 g/mol. The van der Waals surface area contributed by atoms with Gasteiger partial charge in [0, 0.05) is 19.6 Å². The van der Waals surface area contributed by atoms with Crippen LogP contribution in [-0.2, 0) is 4.74 Å². The van der Waals surface area contributed by atoms with Crippen molar-refractivity contribution in [2.24, 2.45) is 0 Å². The second kappa shape index (κ2) is 8.49. The summed E-state index contributed by atoms with van der Waals surface area (Å²) in [6.45, 7) is 4.75. The van der Waals surface area contributed by atoms with E-state index in [0.29, 0.717) is 12.2 Å². The van der Waals surface area contributed by atoms with Crippen LogP contribution in [0.15, 0.2) is 24.5 Å². The highest BCUT2D eigenvalue weighted by atomic mass is 19.1. The van der Waals surface area contributed by atoms with E-state index in [-0.39, 0.29) is 5.69 Å². The van der Waals surface area contributed by atoms with Crippen molar-refractivity contribution in [1.29, 1.82) is 0 Å². The first-order chi connectivity index (χ1) is 12.2. The van der Waals surface area contributed by atoms with Crippen LogP contribution in [0.1, 0.15) is 6.42 Å². The van der Waals surface area contributed by atoms with Crippen molar-refractivity contribution in [3.8, 4) is 5.69 Å². The lowest BCUT2D eigenvalue weighted by molar-refractivity contribution is 0.0375. The van der Waals surface area contributed by atoms with E-state index in [1.165, 1.54) is 29.2 Å². The van der Waals surface area contributed by atoms with Crippen molar-refractivity contribution in [3.05, 3.63) is 30.3 Å². The molecule has 2 N–H and O–H groups in total. The second-order valence-electron chi connectivity index (χ2n) is 5.61. The van der Waals surface area contributed by atoms with Gasteiger partial charge in [0.25, 0.3) is 0 Å². The largest absolute Gasteiger partial charge is 0.379 e. The fraction of sp³-hybridized carbons (Fsp3) is 0.467. The SMILES string of the molecule is O=C(NCCCN1CCOCC1)Nc1cc(-n2cnnn2)ccc1F. The fourth-order valence-electron chi connectivity index (χ4n) is 2.53. The summed E-state index contributed by atoms with van der Waals surface area (Å²) >= 11 is 0. The van der Waals surface area contributed by atoms with Gasteiger partial charge in [-0.2, -0.15) is 0 Å². The summed E-state index contributed by atoms with van der Waals surface area (Å²) < 4.78 is 20.5. The van der Waals surface area contributed by atoms with E-state index in [4.69, 9.17) is 4.74 Å². The fourth-order valence-corrected chi connectivity index (χ4v) is 2.53. The van der Waals surface area contributed by atoms with Gasteiger partial charge in [0.2, 0.25) is 0 Å². The van der Waals surface area contributed by atoms with Crippen LogP contribution in [0.5, 0.6) is 0 Å². The van der Waals surface area contributed by atoms with Gasteiger partial charge in [-0.1, -0.05) is 0 Å². The van der Waals surface area contributed by atoms with Gasteiger partial charge in [-0.25, -0.2) is 13.9 Å². The molecule has 3 rings (SSSR count). The minimum Gasteiger partial charge on any atom is -0.379 e. The van der Waals surface area contributed by atoms with Crippen LogP contribution in [0.4, 0.5) is 14.9 Å². The molecular formula is C15H20FN7O2. The summed E-state index contributed by atoms with van der Waals surface area (Å²) in [4.78, 5) is 14.2. The van der Waals surface area contributed by atoms with Crippen molar-refractivity contribution in [1.82, 2.24) is 30.4 Å². The zero-order valence-corrected chi connectivity index (χ0v) is 13.7. The second-order valence-corrected chi connectivity index (χ2v) is 5.61. The van der Waals surface area contributed by atoms with E-state index in [1.54, 1.807) is 0 Å². The highest BCUT2D eigenvalue weighted by Gasteiger charge is 2.11. The molecule has 2 heterocycles. The predicted octanol–water partition coefficient (Wildman–Crippen LogP) is 0.645. The third-order valence-electron chi connectivity index (χ3n) is 3.85. The minimum absolute atomic E-state index is 0.0682. The Hall–Kier alpha value is -2.59. The topological polar surface area (TPSA) is 97.2 Å². The molecule has 134 valence electrons. The Kier molecular flexibility index (Phi) is 5.86. The van der Waals surface area contributed by atoms with Crippen LogP contribution in [-0.4, -0.2) is 70.5 Å². The smallest absolute Gasteiger partial charge is 0.319 e. The van der Waals surface area contributed by atoms with Crippen molar-refractivity contribution in [2.75, 3.05) is 44.7 Å². The van der Waals surface area contributed by atoms with Crippen molar-refractivity contribution < 1.29 is 13.9 Å². The van der Waals surface area contributed by atoms with Gasteiger partial charge in [-0.05, 0) is 41.6 Å². The summed E-state index contributed by atoms with van der Waals surface area (Å²) in [6, 6.07) is 3.80. The number of aromatic nitrogens is 4. The maximum atomic E-state index is 13.9. The third kappa shape index (κ3) is 4.94. The minimum atomic E-state index is -0.528. The molecule has 1 fully saturated rings. The van der Waals surface area contributed by atoms with Gasteiger partial charge in [0.05, 0.1) is 24.6 Å². The summed E-state index contributed by atoms with van der Waals surface area (Å²) in [6.07, 6.45) is 2.21. The van der Waals surface area contributed by atoms with E-state index >= 15 is 0 Å². The lowest BCUT2D eigenvalue weighted by atomic mass is 10.2. The number of nitrogens with zero attached hydrogens (tertiary/aromatic N) is 5. The molecule has 10 heteroatoms. The van der Waals surface area contributed by atoms with Gasteiger partial charge >= 0.3 is 6.03 Å². The number of rotatable bonds is 6. The van der Waals surface area contributed by atoms with Gasteiger partial charge in [-0.3, -0.25) is 4.90 Å². The Morgan fingerprint density at radius 2 is 2.16 bits per heavy atom. The first-order valence-electron chi connectivity index (χ1n) is 8.10. The maximum absolute atomic E-state index is 13.9. The summed E-state index contributed by atoms with van der Waals surface area (Å²) in [7, 11) is 0. The highest BCUT2D eigenvalue weighted by molar-refractivity contribution is 5.89. The Balaban J connectivity index is 1.46. The molecule has 1 aromatic heterocycles. The number of carbonyl (C=O) groups excluding carboxylic acids is 1. The number of halogens is 1. The number of urea groups is 1. The van der Waals surface area contributed by atoms with Gasteiger partial charge in [0.15, 0.2) is 0 Å². The molecule has 0 bridgehead atoms. The standard InChI is InChI=1S/C15H20FN7O2/c16-13-3-2-12(23-11-18-20-21-23)10-14(13)19-15(24)17-4-1-5-22-6-8-25-9-7-22/h2-3,10-11H,1,4-9H2,(H2,17,19,24). The quantitative estimate of drug-likeness (QED) is 0.743. The lowest BCUT2D eigenvalue weighted by Gasteiger charge is -2.26. The van der Waals surface area contributed by atoms with Gasteiger partial charge in [-0.15, -0.1) is 5.10 Å². The summed E-state index contributed by atoms with van der Waals surface area (Å²) in [5, 5.41) is 16.0. The van der Waals surface area contributed by atoms with Crippen LogP contribution in [0.3, 0.4) is 0 Å². The van der Waals surface area contributed by atoms with Gasteiger partial charge in [0.1, 0.15) is 12.1 Å². The maximum Gasteiger partial charge on any atom is 0.319 e. The number of tetrazole rings is 1. The number of benzene rings is 1. The van der Waals surface area contributed by atoms with E-state index < -0.39 is 11.8 Å². The molecule has 1 aliphatic rings. The Morgan fingerprint density at radius 3 is 2.92 bits per heavy atom. The van der Waals surface area contributed by atoms with Crippen LogP contribution < -0.4 is 10.6 Å². The number of hydrogen-bond donors (Lipinski definition) is 2. The number of morpholine rings is 1. The average Bonchev–Trinajstić information content (AvgIpc) is 3.16. The Morgan fingerprint density at radius 1 is 1.32 bits per heavy atom. The number of anilines is 1. The number of amides is 2. The van der Waals surface area contributed by atoms with Crippen LogP contribution in [0.2, 0.25) is 0 Å². The molecule has 2 amide bonds. The van der Waals surface area contributed by atoms with Crippen molar-refractivity contribution >= 4 is 11.7 Å². The average molecular weight is 349 g/mol. The first-order valence-corrected chi connectivity index (χ1v) is 8.10. The molecule has 9 nitrogen and oxygen atoms in total. The molecule has 0 spiro atoms. The molecule has 0 aliphatic carbocycles. The lowest BCUT2D eigenvalue weighted by Crippen LogP contribution is -2.38. The molecule has 2 aromatic rings. The normalized spacial score (nSPS) is 15.1. The molecular weight excluding hydrogens is 329 g/mol. The van der Waals surface area contributed by atoms with Crippen LogP contribution in [0, 0.1) is 5.82 Å². The molecule has 0 atom stereocenters.